The van der Waals surface area contributed by atoms with E-state index in [2.05, 4.69) is 22.0 Å². The van der Waals surface area contributed by atoms with Crippen LogP contribution < -0.4 is 0 Å². The maximum atomic E-state index is 11.0. The molecular formula is C14H18N4O. The van der Waals surface area contributed by atoms with Crippen molar-refractivity contribution < 1.29 is 4.79 Å². The van der Waals surface area contributed by atoms with E-state index in [1.807, 2.05) is 12.3 Å². The van der Waals surface area contributed by atoms with Gasteiger partial charge in [-0.25, -0.2) is 9.50 Å². The number of hydrogen-bond acceptors (Lipinski definition) is 4. The van der Waals surface area contributed by atoms with Crippen molar-refractivity contribution in [2.45, 2.75) is 19.3 Å². The first-order valence-corrected chi connectivity index (χ1v) is 6.74. The molecule has 1 fully saturated rings. The van der Waals surface area contributed by atoms with Crippen LogP contribution in [0.25, 0.3) is 5.65 Å². The molecule has 5 heteroatoms. The lowest BCUT2D eigenvalue weighted by Gasteiger charge is -2.28. The molecule has 0 spiro atoms. The summed E-state index contributed by atoms with van der Waals surface area (Å²) in [6.07, 6.45) is 5.99. The summed E-state index contributed by atoms with van der Waals surface area (Å²) in [6.45, 7) is 2.30. The molecule has 3 rings (SSSR count). The number of piperidine rings is 1. The van der Waals surface area contributed by atoms with Crippen LogP contribution in [0.4, 0.5) is 0 Å². The topological polar surface area (TPSA) is 50.5 Å². The fraction of sp³-hybridized carbons (Fsp3) is 0.500. The molecule has 0 saturated carbocycles. The molecule has 0 bridgehead atoms. The first-order valence-electron chi connectivity index (χ1n) is 6.74. The maximum absolute atomic E-state index is 11.0. The third kappa shape index (κ3) is 2.51. The van der Waals surface area contributed by atoms with Crippen LogP contribution in [0.15, 0.2) is 18.3 Å². The number of nitrogens with zero attached hydrogens (tertiary/aromatic N) is 4. The van der Waals surface area contributed by atoms with Gasteiger partial charge in [0, 0.05) is 12.6 Å². The van der Waals surface area contributed by atoms with Gasteiger partial charge in [-0.15, -0.1) is 0 Å². The molecule has 2 aromatic heterocycles. The second-order valence-corrected chi connectivity index (χ2v) is 5.33. The van der Waals surface area contributed by atoms with E-state index in [0.717, 1.165) is 31.6 Å². The zero-order chi connectivity index (χ0) is 13.2. The van der Waals surface area contributed by atoms with Gasteiger partial charge in [-0.2, -0.15) is 5.10 Å². The van der Waals surface area contributed by atoms with Crippen molar-refractivity contribution in [1.29, 1.82) is 0 Å². The van der Waals surface area contributed by atoms with Crippen molar-refractivity contribution in [3.05, 3.63) is 29.7 Å². The van der Waals surface area contributed by atoms with Gasteiger partial charge in [-0.05, 0) is 51.0 Å². The van der Waals surface area contributed by atoms with Gasteiger partial charge in [0.05, 0.1) is 5.56 Å². The van der Waals surface area contributed by atoms with Crippen LogP contribution in [0.2, 0.25) is 0 Å². The van der Waals surface area contributed by atoms with E-state index in [9.17, 15) is 4.79 Å². The molecule has 0 radical (unpaired) electrons. The van der Waals surface area contributed by atoms with E-state index in [0.29, 0.717) is 17.1 Å². The van der Waals surface area contributed by atoms with Crippen molar-refractivity contribution in [2.24, 2.45) is 5.92 Å². The standard InChI is InChI=1S/C14H18N4O/c1-17-7-4-11(5-8-17)9-13-15-14-12(10-19)3-2-6-18(14)16-13/h2-3,6,10-11H,4-5,7-9H2,1H3. The molecule has 19 heavy (non-hydrogen) atoms. The van der Waals surface area contributed by atoms with Gasteiger partial charge in [-0.3, -0.25) is 4.79 Å². The Bertz CT molecular complexity index is 584. The van der Waals surface area contributed by atoms with Gasteiger partial charge in [-0.1, -0.05) is 0 Å². The van der Waals surface area contributed by atoms with Crippen LogP contribution in [0.3, 0.4) is 0 Å². The van der Waals surface area contributed by atoms with E-state index in [1.165, 1.54) is 12.8 Å². The van der Waals surface area contributed by atoms with Gasteiger partial charge < -0.3 is 4.90 Å². The smallest absolute Gasteiger partial charge is 0.166 e. The van der Waals surface area contributed by atoms with Crippen molar-refractivity contribution in [2.75, 3.05) is 20.1 Å². The predicted octanol–water partition coefficient (Wildman–Crippen LogP) is 1.43. The second kappa shape index (κ2) is 5.09. The Hall–Kier alpha value is -1.75. The number of carbonyl (C=O) groups is 1. The summed E-state index contributed by atoms with van der Waals surface area (Å²) >= 11 is 0. The number of likely N-dealkylation sites (tertiary alicyclic amines) is 1. The third-order valence-electron chi connectivity index (χ3n) is 3.87. The summed E-state index contributed by atoms with van der Waals surface area (Å²) in [6, 6.07) is 3.60. The van der Waals surface area contributed by atoms with E-state index in [-0.39, 0.29) is 0 Å². The number of aromatic nitrogens is 3. The fourth-order valence-electron chi connectivity index (χ4n) is 2.67. The van der Waals surface area contributed by atoms with Gasteiger partial charge in [0.2, 0.25) is 0 Å². The van der Waals surface area contributed by atoms with Gasteiger partial charge in [0.25, 0.3) is 0 Å². The highest BCUT2D eigenvalue weighted by molar-refractivity contribution is 5.83. The minimum Gasteiger partial charge on any atom is -0.306 e. The molecule has 0 atom stereocenters. The summed E-state index contributed by atoms with van der Waals surface area (Å²) in [5, 5.41) is 4.47. The average molecular weight is 258 g/mol. The number of rotatable bonds is 3. The van der Waals surface area contributed by atoms with Gasteiger partial charge in [0.15, 0.2) is 17.8 Å². The van der Waals surface area contributed by atoms with E-state index in [4.69, 9.17) is 0 Å². The van der Waals surface area contributed by atoms with Gasteiger partial charge >= 0.3 is 0 Å². The number of carbonyl (C=O) groups excluding carboxylic acids is 1. The Kier molecular flexibility index (Phi) is 3.29. The monoisotopic (exact) mass is 258 g/mol. The third-order valence-corrected chi connectivity index (χ3v) is 3.87. The molecular weight excluding hydrogens is 240 g/mol. The molecule has 0 N–H and O–H groups in total. The highest BCUT2D eigenvalue weighted by atomic mass is 16.1. The molecule has 1 saturated heterocycles. The maximum Gasteiger partial charge on any atom is 0.166 e. The zero-order valence-corrected chi connectivity index (χ0v) is 11.1. The summed E-state index contributed by atoms with van der Waals surface area (Å²) in [4.78, 5) is 17.8. The Morgan fingerprint density at radius 3 is 2.95 bits per heavy atom. The van der Waals surface area contributed by atoms with E-state index in [1.54, 1.807) is 10.6 Å². The average Bonchev–Trinajstić information content (AvgIpc) is 2.83. The molecule has 0 unspecified atom stereocenters. The number of aldehydes is 1. The summed E-state index contributed by atoms with van der Waals surface area (Å²) in [5.41, 5.74) is 1.27. The number of hydrogen-bond donors (Lipinski definition) is 0. The minimum atomic E-state index is 0.602. The summed E-state index contributed by atoms with van der Waals surface area (Å²) < 4.78 is 1.70. The Labute approximate surface area is 112 Å². The zero-order valence-electron chi connectivity index (χ0n) is 11.1. The molecule has 2 aromatic rings. The van der Waals surface area contributed by atoms with Crippen molar-refractivity contribution in [1.82, 2.24) is 19.5 Å². The summed E-state index contributed by atoms with van der Waals surface area (Å²) in [5.74, 6) is 1.51. The van der Waals surface area contributed by atoms with Crippen molar-refractivity contribution in [3.8, 4) is 0 Å². The fourth-order valence-corrected chi connectivity index (χ4v) is 2.67. The van der Waals surface area contributed by atoms with Crippen molar-refractivity contribution >= 4 is 11.9 Å². The molecule has 5 nitrogen and oxygen atoms in total. The quantitative estimate of drug-likeness (QED) is 0.781. The summed E-state index contributed by atoms with van der Waals surface area (Å²) in [7, 11) is 2.16. The molecule has 1 aliphatic rings. The number of pyridine rings is 1. The van der Waals surface area contributed by atoms with Crippen LogP contribution in [0.1, 0.15) is 29.0 Å². The van der Waals surface area contributed by atoms with Crippen LogP contribution in [0.5, 0.6) is 0 Å². The molecule has 0 amide bonds. The predicted molar refractivity (Wildman–Crippen MR) is 72.3 cm³/mol. The van der Waals surface area contributed by atoms with E-state index < -0.39 is 0 Å². The van der Waals surface area contributed by atoms with Crippen LogP contribution in [-0.4, -0.2) is 45.9 Å². The van der Waals surface area contributed by atoms with Crippen LogP contribution >= 0.6 is 0 Å². The molecule has 1 aliphatic heterocycles. The lowest BCUT2D eigenvalue weighted by atomic mass is 9.94. The molecule has 0 aromatic carbocycles. The van der Waals surface area contributed by atoms with Crippen molar-refractivity contribution in [3.63, 3.8) is 0 Å². The first kappa shape index (κ1) is 12.3. The normalized spacial score (nSPS) is 17.9. The highest BCUT2D eigenvalue weighted by Gasteiger charge is 2.19. The largest absolute Gasteiger partial charge is 0.306 e. The Balaban J connectivity index is 1.80. The lowest BCUT2D eigenvalue weighted by molar-refractivity contribution is 0.112. The first-order chi connectivity index (χ1) is 9.26. The molecule has 100 valence electrons. The Morgan fingerprint density at radius 2 is 2.21 bits per heavy atom. The van der Waals surface area contributed by atoms with E-state index >= 15 is 0 Å². The number of fused-ring (bicyclic) bond motifs is 1. The minimum absolute atomic E-state index is 0.602. The van der Waals surface area contributed by atoms with Crippen LogP contribution in [0, 0.1) is 5.92 Å². The highest BCUT2D eigenvalue weighted by Crippen LogP contribution is 2.20. The lowest BCUT2D eigenvalue weighted by Crippen LogP contribution is -2.31. The van der Waals surface area contributed by atoms with Gasteiger partial charge in [0.1, 0.15) is 0 Å². The molecule has 0 aliphatic carbocycles. The second-order valence-electron chi connectivity index (χ2n) is 5.33. The molecule has 3 heterocycles. The Morgan fingerprint density at radius 1 is 1.42 bits per heavy atom. The SMILES string of the molecule is CN1CCC(Cc2nc3c(C=O)cccn3n2)CC1. The van der Waals surface area contributed by atoms with Crippen LogP contribution in [-0.2, 0) is 6.42 Å².